The van der Waals surface area contributed by atoms with Crippen molar-refractivity contribution in [2.24, 2.45) is 0 Å². The molecule has 0 saturated carbocycles. The van der Waals surface area contributed by atoms with Crippen LogP contribution >= 0.6 is 11.6 Å². The van der Waals surface area contributed by atoms with Crippen LogP contribution in [0.15, 0.2) is 165 Å². The third-order valence-corrected chi connectivity index (χ3v) is 13.1. The Labute approximate surface area is 558 Å². The summed E-state index contributed by atoms with van der Waals surface area (Å²) >= 11 is 5.67. The van der Waals surface area contributed by atoms with Gasteiger partial charge in [0.2, 0.25) is 0 Å². The SMILES string of the molecule is C.CNC(=O)c1ccc(N)nc1.CNC(=O)c1ccc(Nc2cc(Nc3ccccc3C(=O)NC)c(C(F)(F)F)cn2)nc1.CNC(=O)c1ccc(Nc2cc(Nc3ccccc3C(=O)NC)c(C(F)(F)F)cn2)nc1.CNC(=O)c1ccccc1Nc1cc(Cl)ncc1C(F)(F)F. The molecule has 514 valence electrons. The fourth-order valence-electron chi connectivity index (χ4n) is 8.11. The first-order chi connectivity index (χ1) is 46.0. The summed E-state index contributed by atoms with van der Waals surface area (Å²) in [5, 5.41) is 28.2. The lowest BCUT2D eigenvalue weighted by atomic mass is 10.1. The van der Waals surface area contributed by atoms with Crippen molar-refractivity contribution in [2.75, 3.05) is 74.6 Å². The number of nitrogen functional groups attached to an aromatic ring is 1. The highest BCUT2D eigenvalue weighted by atomic mass is 35.5. The molecule has 34 heteroatoms. The minimum atomic E-state index is -4.68. The fourth-order valence-corrected chi connectivity index (χ4v) is 8.27. The Hall–Kier alpha value is -12.2. The number of hydrogen-bond donors (Lipinski definition) is 12. The lowest BCUT2D eigenvalue weighted by Gasteiger charge is -2.17. The summed E-state index contributed by atoms with van der Waals surface area (Å²) in [7, 11) is 8.82. The number of hydrogen-bond acceptors (Lipinski definition) is 18. The van der Waals surface area contributed by atoms with Gasteiger partial charge in [-0.1, -0.05) is 55.4 Å². The molecule has 6 amide bonds. The number of aromatic nitrogens is 6. The number of pyridine rings is 6. The van der Waals surface area contributed by atoms with Crippen molar-refractivity contribution in [3.05, 3.63) is 220 Å². The molecule has 0 aliphatic heterocycles. The van der Waals surface area contributed by atoms with E-state index in [1.54, 1.807) is 55.6 Å². The second-order valence-electron chi connectivity index (χ2n) is 19.3. The van der Waals surface area contributed by atoms with E-state index >= 15 is 0 Å². The number of carbonyl (C=O) groups excluding carboxylic acids is 6. The zero-order chi connectivity index (χ0) is 71.2. The summed E-state index contributed by atoms with van der Waals surface area (Å²) in [6, 6.07) is 31.2. The molecular weight excluding hydrogens is 1320 g/mol. The predicted molar refractivity (Wildman–Crippen MR) is 353 cm³/mol. The van der Waals surface area contributed by atoms with E-state index in [2.05, 4.69) is 88.4 Å². The molecule has 9 rings (SSSR count). The number of nitrogens with zero attached hydrogens (tertiary/aromatic N) is 6. The van der Waals surface area contributed by atoms with Crippen LogP contribution < -0.4 is 64.2 Å². The van der Waals surface area contributed by atoms with E-state index in [4.69, 9.17) is 17.3 Å². The van der Waals surface area contributed by atoms with Crippen molar-refractivity contribution in [2.45, 2.75) is 26.0 Å². The van der Waals surface area contributed by atoms with Gasteiger partial charge in [0.25, 0.3) is 35.4 Å². The molecule has 0 saturated heterocycles. The maximum atomic E-state index is 13.6. The summed E-state index contributed by atoms with van der Waals surface area (Å²) < 4.78 is 120. The molecule has 9 aromatic rings. The maximum absolute atomic E-state index is 13.6. The summed E-state index contributed by atoms with van der Waals surface area (Å²) in [5.41, 5.74) is 3.85. The van der Waals surface area contributed by atoms with Crippen LogP contribution in [0.5, 0.6) is 0 Å². The van der Waals surface area contributed by atoms with E-state index in [1.807, 2.05) is 0 Å². The van der Waals surface area contributed by atoms with Gasteiger partial charge in [0.1, 0.15) is 34.2 Å². The molecule has 0 radical (unpaired) electrons. The number of benzene rings is 3. The Morgan fingerprint density at radius 2 is 0.622 bits per heavy atom. The van der Waals surface area contributed by atoms with E-state index in [0.29, 0.717) is 41.1 Å². The smallest absolute Gasteiger partial charge is 0.384 e. The van der Waals surface area contributed by atoms with Gasteiger partial charge in [-0.05, 0) is 78.9 Å². The first kappa shape index (κ1) is 76.6. The molecule has 0 unspecified atom stereocenters. The molecule has 3 aromatic carbocycles. The van der Waals surface area contributed by atoms with Gasteiger partial charge in [-0.25, -0.2) is 29.9 Å². The van der Waals surface area contributed by atoms with Crippen molar-refractivity contribution in [3.63, 3.8) is 0 Å². The van der Waals surface area contributed by atoms with Crippen LogP contribution in [0, 0.1) is 0 Å². The summed E-state index contributed by atoms with van der Waals surface area (Å²) in [4.78, 5) is 93.0. The second-order valence-corrected chi connectivity index (χ2v) is 19.7. The molecule has 24 nitrogen and oxygen atoms in total. The van der Waals surface area contributed by atoms with E-state index < -0.39 is 52.9 Å². The lowest BCUT2D eigenvalue weighted by molar-refractivity contribution is -0.138. The Bertz CT molecular complexity index is 4070. The van der Waals surface area contributed by atoms with E-state index in [1.165, 1.54) is 114 Å². The van der Waals surface area contributed by atoms with Crippen LogP contribution in [-0.2, 0) is 18.5 Å². The molecule has 0 atom stereocenters. The van der Waals surface area contributed by atoms with Crippen LogP contribution in [-0.4, -0.2) is 108 Å². The van der Waals surface area contributed by atoms with Crippen LogP contribution in [0.4, 0.5) is 103 Å². The Morgan fingerprint density at radius 3 is 0.908 bits per heavy atom. The number of nitrogens with one attached hydrogen (secondary N) is 11. The Morgan fingerprint density at radius 1 is 0.337 bits per heavy atom. The third kappa shape index (κ3) is 21.4. The molecule has 0 bridgehead atoms. The van der Waals surface area contributed by atoms with Gasteiger partial charge >= 0.3 is 18.5 Å². The monoisotopic (exact) mass is 1380 g/mol. The molecule has 0 aliphatic carbocycles. The molecule has 6 heterocycles. The van der Waals surface area contributed by atoms with Gasteiger partial charge in [-0.2, -0.15) is 39.5 Å². The zero-order valence-electron chi connectivity index (χ0n) is 51.6. The third-order valence-electron chi connectivity index (χ3n) is 12.9. The quantitative estimate of drug-likeness (QED) is 0.0316. The highest BCUT2D eigenvalue weighted by Crippen LogP contribution is 2.40. The number of halogens is 10. The standard InChI is InChI=1S/2C21H19F3N6O2.C14H11ClF3N3O.C7H9N3O.CH4/c2*1-25-19(31)12-7-8-17(27-10-12)30-18-9-16(14(11-28-18)21(22,23)24)29-15-6-4-3-5-13(15)20(32)26-2;1-19-13(22)8-4-2-3-5-10(8)21-11-6-12(15)20-7-9(11)14(16,17)18;1-9-7(11)5-2-3-6(8)10-4-5;/h2*3-11H,1-2H3,(H,25,31)(H,26,32)(H2,27,28,29,30);2-7H,1H3,(H,19,22)(H,20,21);2-4H,1H3,(H2,8,10)(H,9,11);1H4. The number of rotatable bonds is 16. The second kappa shape index (κ2) is 34.8. The van der Waals surface area contributed by atoms with E-state index in [9.17, 15) is 68.3 Å². The largest absolute Gasteiger partial charge is 0.419 e. The number of alkyl halides is 9. The van der Waals surface area contributed by atoms with Crippen molar-refractivity contribution >= 4 is 110 Å². The molecule has 0 spiro atoms. The Balaban J connectivity index is 0.000000248. The van der Waals surface area contributed by atoms with Crippen molar-refractivity contribution in [1.82, 2.24) is 61.8 Å². The summed E-state index contributed by atoms with van der Waals surface area (Å²) in [6.07, 6.45) is -7.85. The number of nitrogens with two attached hydrogens (primary N) is 1. The normalized spacial score (nSPS) is 10.7. The first-order valence-corrected chi connectivity index (χ1v) is 28.4. The van der Waals surface area contributed by atoms with Gasteiger partial charge in [0, 0.05) is 91.6 Å². The van der Waals surface area contributed by atoms with Crippen molar-refractivity contribution < 1.29 is 68.3 Å². The number of anilines is 11. The molecule has 6 aromatic heterocycles. The number of para-hydroxylation sites is 3. The summed E-state index contributed by atoms with van der Waals surface area (Å²) in [6.45, 7) is 0. The summed E-state index contributed by atoms with van der Waals surface area (Å²) in [5.74, 6) is -0.980. The fraction of sp³-hybridized carbons (Fsp3) is 0.156. The first-order valence-electron chi connectivity index (χ1n) is 28.0. The van der Waals surface area contributed by atoms with Crippen LogP contribution in [0.3, 0.4) is 0 Å². The molecule has 98 heavy (non-hydrogen) atoms. The average Bonchev–Trinajstić information content (AvgIpc) is 0.814. The van der Waals surface area contributed by atoms with Gasteiger partial charge in [-0.3, -0.25) is 28.8 Å². The highest BCUT2D eigenvalue weighted by Gasteiger charge is 2.37. The highest BCUT2D eigenvalue weighted by molar-refractivity contribution is 6.29. The average molecular weight is 1390 g/mol. The van der Waals surface area contributed by atoms with Crippen molar-refractivity contribution in [3.8, 4) is 0 Å². The molecular formula is C64H62ClF9N18O6. The van der Waals surface area contributed by atoms with Crippen molar-refractivity contribution in [1.29, 1.82) is 0 Å². The van der Waals surface area contributed by atoms with Gasteiger partial charge < -0.3 is 64.2 Å². The van der Waals surface area contributed by atoms with Gasteiger partial charge in [0.15, 0.2) is 0 Å². The van der Waals surface area contributed by atoms with Crippen LogP contribution in [0.25, 0.3) is 0 Å². The topological polar surface area (TPSA) is 338 Å². The van der Waals surface area contributed by atoms with Gasteiger partial charge in [0.05, 0.1) is 84.2 Å². The minimum absolute atomic E-state index is 0. The van der Waals surface area contributed by atoms with Crippen LogP contribution in [0.1, 0.15) is 86.3 Å². The molecule has 0 fully saturated rings. The van der Waals surface area contributed by atoms with Crippen LogP contribution in [0.2, 0.25) is 5.15 Å². The molecule has 0 aliphatic rings. The van der Waals surface area contributed by atoms with Gasteiger partial charge in [-0.15, -0.1) is 0 Å². The van der Waals surface area contributed by atoms with E-state index in [-0.39, 0.29) is 104 Å². The number of carbonyl (C=O) groups is 6. The predicted octanol–water partition coefficient (Wildman–Crippen LogP) is 11.9. The van der Waals surface area contributed by atoms with E-state index in [0.717, 1.165) is 18.2 Å². The number of amides is 6. The molecule has 13 N–H and O–H groups in total. The minimum Gasteiger partial charge on any atom is -0.384 e. The zero-order valence-corrected chi connectivity index (χ0v) is 52.3. The lowest BCUT2D eigenvalue weighted by Crippen LogP contribution is -2.19. The Kier molecular flexibility index (Phi) is 27.2. The maximum Gasteiger partial charge on any atom is 0.419 e.